The van der Waals surface area contributed by atoms with Gasteiger partial charge in [0.2, 0.25) is 5.91 Å². The fourth-order valence-corrected chi connectivity index (χ4v) is 4.64. The number of aryl methyl sites for hydroxylation is 2. The van der Waals surface area contributed by atoms with Crippen LogP contribution in [0.15, 0.2) is 9.95 Å². The molecule has 9 heteroatoms. The molecule has 0 aliphatic carbocycles. The maximum Gasteiger partial charge on any atom is 0.321 e. The molecule has 2 aromatic heterocycles. The van der Waals surface area contributed by atoms with Crippen LogP contribution in [-0.2, 0) is 11.3 Å². The third kappa shape index (κ3) is 5.14. The minimum absolute atomic E-state index is 0.0682. The van der Waals surface area contributed by atoms with E-state index in [-0.39, 0.29) is 17.5 Å². The van der Waals surface area contributed by atoms with Crippen LogP contribution in [0, 0.1) is 19.8 Å². The molecule has 2 N–H and O–H groups in total. The summed E-state index contributed by atoms with van der Waals surface area (Å²) in [6, 6.07) is -0.596. The lowest BCUT2D eigenvalue weighted by Crippen LogP contribution is -2.45. The van der Waals surface area contributed by atoms with Gasteiger partial charge in [0.05, 0.1) is 10.6 Å². The van der Waals surface area contributed by atoms with Crippen LogP contribution >= 0.6 is 23.1 Å². The summed E-state index contributed by atoms with van der Waals surface area (Å²) < 4.78 is 1.65. The van der Waals surface area contributed by atoms with E-state index in [1.807, 2.05) is 41.5 Å². The summed E-state index contributed by atoms with van der Waals surface area (Å²) in [6.45, 7) is 13.8. The lowest BCUT2D eigenvalue weighted by Gasteiger charge is -2.17. The predicted molar refractivity (Wildman–Crippen MR) is 115 cm³/mol. The van der Waals surface area contributed by atoms with Crippen molar-refractivity contribution < 1.29 is 9.59 Å². The van der Waals surface area contributed by atoms with Crippen LogP contribution in [0.25, 0.3) is 10.2 Å². The van der Waals surface area contributed by atoms with Crippen LogP contribution in [0.3, 0.4) is 0 Å². The first-order valence-corrected chi connectivity index (χ1v) is 11.0. The van der Waals surface area contributed by atoms with Crippen LogP contribution in [0.2, 0.25) is 0 Å². The minimum atomic E-state index is -0.581. The second kappa shape index (κ2) is 9.09. The third-order valence-electron chi connectivity index (χ3n) is 4.11. The van der Waals surface area contributed by atoms with Crippen molar-refractivity contribution in [3.05, 3.63) is 20.8 Å². The molecule has 0 saturated heterocycles. The smallest absolute Gasteiger partial charge is 0.321 e. The monoisotopic (exact) mass is 424 g/mol. The van der Waals surface area contributed by atoms with Gasteiger partial charge in [-0.3, -0.25) is 19.5 Å². The summed E-state index contributed by atoms with van der Waals surface area (Å²) in [5.41, 5.74) is 0.885. The number of thioether (sulfide) groups is 1. The molecule has 0 aliphatic rings. The molecule has 2 heterocycles. The van der Waals surface area contributed by atoms with Gasteiger partial charge in [-0.05, 0) is 46.1 Å². The highest BCUT2D eigenvalue weighted by Crippen LogP contribution is 2.30. The van der Waals surface area contributed by atoms with Gasteiger partial charge in [-0.15, -0.1) is 11.3 Å². The van der Waals surface area contributed by atoms with Gasteiger partial charge >= 0.3 is 6.03 Å². The van der Waals surface area contributed by atoms with Crippen molar-refractivity contribution in [3.8, 4) is 0 Å². The van der Waals surface area contributed by atoms with Crippen molar-refractivity contribution in [2.75, 3.05) is 0 Å². The molecule has 2 aromatic rings. The standard InChI is InChI=1S/C19H28N4O3S2/c1-9(2)8-23-17(25)14-11(5)12(6)27-16(14)22-19(23)28-13(7)15(24)21-18(26)20-10(3)4/h9-10,13H,8H2,1-7H3,(H2,20,21,24,26)/t13-/m0/s1. The van der Waals surface area contributed by atoms with Crippen molar-refractivity contribution in [2.45, 2.75) is 71.5 Å². The number of carbonyl (C=O) groups is 2. The van der Waals surface area contributed by atoms with Gasteiger partial charge in [0.15, 0.2) is 5.16 Å². The highest BCUT2D eigenvalue weighted by atomic mass is 32.2. The Hall–Kier alpha value is -1.87. The number of aromatic nitrogens is 2. The predicted octanol–water partition coefficient (Wildman–Crippen LogP) is 3.45. The van der Waals surface area contributed by atoms with E-state index in [4.69, 9.17) is 0 Å². The van der Waals surface area contributed by atoms with Gasteiger partial charge in [-0.2, -0.15) is 0 Å². The first-order valence-electron chi connectivity index (χ1n) is 9.29. The van der Waals surface area contributed by atoms with Crippen molar-refractivity contribution in [2.24, 2.45) is 5.92 Å². The highest BCUT2D eigenvalue weighted by Gasteiger charge is 2.23. The third-order valence-corrected chi connectivity index (χ3v) is 6.30. The SMILES string of the molecule is Cc1sc2nc(S[C@@H](C)C(=O)NC(=O)NC(C)C)n(CC(C)C)c(=O)c2c1C. The Kier molecular flexibility index (Phi) is 7.28. The molecule has 0 spiro atoms. The number of thiophene rings is 1. The largest absolute Gasteiger partial charge is 0.336 e. The number of carbonyl (C=O) groups excluding carboxylic acids is 2. The number of hydrogen-bond acceptors (Lipinski definition) is 6. The average molecular weight is 425 g/mol. The Bertz CT molecular complexity index is 947. The summed E-state index contributed by atoms with van der Waals surface area (Å²) in [7, 11) is 0. The van der Waals surface area contributed by atoms with Gasteiger partial charge in [0, 0.05) is 17.5 Å². The van der Waals surface area contributed by atoms with Gasteiger partial charge < -0.3 is 5.32 Å². The molecule has 0 unspecified atom stereocenters. The topological polar surface area (TPSA) is 93.1 Å². The molecule has 3 amide bonds. The number of urea groups is 1. The number of nitrogens with one attached hydrogen (secondary N) is 2. The number of nitrogens with zero attached hydrogens (tertiary/aromatic N) is 2. The van der Waals surface area contributed by atoms with E-state index in [1.165, 1.54) is 23.1 Å². The highest BCUT2D eigenvalue weighted by molar-refractivity contribution is 8.00. The maximum absolute atomic E-state index is 13.1. The quantitative estimate of drug-likeness (QED) is 0.547. The van der Waals surface area contributed by atoms with Gasteiger partial charge in [0.1, 0.15) is 4.83 Å². The number of rotatable bonds is 6. The van der Waals surface area contributed by atoms with Crippen LogP contribution in [0.5, 0.6) is 0 Å². The Morgan fingerprint density at radius 3 is 2.39 bits per heavy atom. The molecule has 0 bridgehead atoms. The average Bonchev–Trinajstić information content (AvgIpc) is 2.84. The second-order valence-electron chi connectivity index (χ2n) is 7.54. The van der Waals surface area contributed by atoms with Crippen molar-refractivity contribution >= 4 is 45.3 Å². The van der Waals surface area contributed by atoms with E-state index < -0.39 is 17.2 Å². The van der Waals surface area contributed by atoms with E-state index in [1.54, 1.807) is 11.5 Å². The molecule has 0 aromatic carbocycles. The maximum atomic E-state index is 13.1. The molecule has 7 nitrogen and oxygen atoms in total. The Balaban J connectivity index is 2.35. The molecule has 0 radical (unpaired) electrons. The second-order valence-corrected chi connectivity index (χ2v) is 10.1. The number of fused-ring (bicyclic) bond motifs is 1. The Morgan fingerprint density at radius 1 is 1.18 bits per heavy atom. The van der Waals surface area contributed by atoms with E-state index in [0.717, 1.165) is 10.4 Å². The summed E-state index contributed by atoms with van der Waals surface area (Å²) in [5.74, 6) is -0.176. The molecule has 1 atom stereocenters. The molecule has 154 valence electrons. The molecule has 0 aliphatic heterocycles. The van der Waals surface area contributed by atoms with Gasteiger partial charge in [-0.25, -0.2) is 9.78 Å². The number of imide groups is 1. The van der Waals surface area contributed by atoms with Gasteiger partial charge in [0.25, 0.3) is 5.56 Å². The molecule has 0 fully saturated rings. The van der Waals surface area contributed by atoms with E-state index in [0.29, 0.717) is 21.9 Å². The zero-order valence-electron chi connectivity index (χ0n) is 17.4. The van der Waals surface area contributed by atoms with Gasteiger partial charge in [-0.1, -0.05) is 25.6 Å². The first kappa shape index (κ1) is 22.4. The Morgan fingerprint density at radius 2 is 1.82 bits per heavy atom. The van der Waals surface area contributed by atoms with Crippen molar-refractivity contribution in [3.63, 3.8) is 0 Å². The van der Waals surface area contributed by atoms with E-state index >= 15 is 0 Å². The first-order chi connectivity index (χ1) is 13.0. The van der Waals surface area contributed by atoms with Crippen LogP contribution in [0.4, 0.5) is 4.79 Å². The molecule has 0 saturated carbocycles. The van der Waals surface area contributed by atoms with Crippen LogP contribution in [0.1, 0.15) is 45.1 Å². The van der Waals surface area contributed by atoms with Crippen molar-refractivity contribution in [1.29, 1.82) is 0 Å². The van der Waals surface area contributed by atoms with Crippen molar-refractivity contribution in [1.82, 2.24) is 20.2 Å². The Labute approximate surface area is 173 Å². The zero-order valence-corrected chi connectivity index (χ0v) is 19.0. The van der Waals surface area contributed by atoms with E-state index in [9.17, 15) is 14.4 Å². The van der Waals surface area contributed by atoms with Crippen LogP contribution < -0.4 is 16.2 Å². The summed E-state index contributed by atoms with van der Waals surface area (Å²) in [4.78, 5) is 43.7. The molecular weight excluding hydrogens is 396 g/mol. The normalized spacial score (nSPS) is 12.6. The molecular formula is C19H28N4O3S2. The lowest BCUT2D eigenvalue weighted by molar-refractivity contribution is -0.119. The van der Waals surface area contributed by atoms with Crippen LogP contribution in [-0.4, -0.2) is 32.8 Å². The number of hydrogen-bond donors (Lipinski definition) is 2. The molecule has 2 rings (SSSR count). The minimum Gasteiger partial charge on any atom is -0.336 e. The molecule has 28 heavy (non-hydrogen) atoms. The number of amides is 3. The summed E-state index contributed by atoms with van der Waals surface area (Å²) in [5, 5.41) is 5.53. The lowest BCUT2D eigenvalue weighted by atomic mass is 10.2. The summed E-state index contributed by atoms with van der Waals surface area (Å²) >= 11 is 2.68. The fourth-order valence-electron chi connectivity index (χ4n) is 2.65. The van der Waals surface area contributed by atoms with E-state index in [2.05, 4.69) is 15.6 Å². The fraction of sp³-hybridized carbons (Fsp3) is 0.579. The zero-order chi connectivity index (χ0) is 21.2. The summed E-state index contributed by atoms with van der Waals surface area (Å²) in [6.07, 6.45) is 0.